The van der Waals surface area contributed by atoms with E-state index in [2.05, 4.69) is 26.0 Å². The molecule has 1 aliphatic rings. The molecule has 1 aromatic carbocycles. The lowest BCUT2D eigenvalue weighted by Gasteiger charge is -2.25. The average molecular weight is 274 g/mol. The van der Waals surface area contributed by atoms with Crippen LogP contribution in [0.25, 0.3) is 0 Å². The maximum absolute atomic E-state index is 12.1. The van der Waals surface area contributed by atoms with E-state index >= 15 is 0 Å². The minimum Gasteiger partial charge on any atom is -0.494 e. The molecule has 0 heterocycles. The third-order valence-corrected chi connectivity index (χ3v) is 4.19. The molecule has 2 atom stereocenters. The maximum Gasteiger partial charge on any atom is 0.140 e. The van der Waals surface area contributed by atoms with Gasteiger partial charge in [0.15, 0.2) is 0 Å². The van der Waals surface area contributed by atoms with Crippen molar-refractivity contribution in [2.75, 3.05) is 6.61 Å². The largest absolute Gasteiger partial charge is 0.494 e. The van der Waals surface area contributed by atoms with Crippen LogP contribution < -0.4 is 4.74 Å². The van der Waals surface area contributed by atoms with Gasteiger partial charge in [-0.3, -0.25) is 4.79 Å². The van der Waals surface area contributed by atoms with Crippen LogP contribution in [0.15, 0.2) is 24.3 Å². The van der Waals surface area contributed by atoms with Crippen LogP contribution in [-0.2, 0) is 4.79 Å². The van der Waals surface area contributed by atoms with E-state index < -0.39 is 0 Å². The number of carbonyl (C=O) groups excluding carboxylic acids is 1. The zero-order valence-electron chi connectivity index (χ0n) is 12.7. The van der Waals surface area contributed by atoms with E-state index in [-0.39, 0.29) is 5.92 Å². The van der Waals surface area contributed by atoms with Crippen molar-refractivity contribution in [2.24, 2.45) is 5.92 Å². The first-order valence-electron chi connectivity index (χ1n) is 7.96. The van der Waals surface area contributed by atoms with E-state index in [1.54, 1.807) is 0 Å². The minimum absolute atomic E-state index is 0.111. The van der Waals surface area contributed by atoms with Crippen LogP contribution in [0.1, 0.15) is 63.9 Å². The van der Waals surface area contributed by atoms with Crippen molar-refractivity contribution in [1.82, 2.24) is 0 Å². The molecule has 0 bridgehead atoms. The Labute approximate surface area is 122 Å². The summed E-state index contributed by atoms with van der Waals surface area (Å²) < 4.78 is 5.71. The standard InChI is InChI=1S/C18H26O2/c1-3-4-5-12-20-16-9-7-15(8-10-16)17-11-6-14(2)13-18(17)19/h7-10,14,17H,3-6,11-13H2,1-2H3/t14-,17+/m0/s1. The van der Waals surface area contributed by atoms with E-state index in [0.29, 0.717) is 11.7 Å². The summed E-state index contributed by atoms with van der Waals surface area (Å²) in [7, 11) is 0. The van der Waals surface area contributed by atoms with Crippen LogP contribution in [-0.4, -0.2) is 12.4 Å². The highest BCUT2D eigenvalue weighted by atomic mass is 16.5. The van der Waals surface area contributed by atoms with Crippen molar-refractivity contribution in [3.05, 3.63) is 29.8 Å². The van der Waals surface area contributed by atoms with Gasteiger partial charge in [-0.2, -0.15) is 0 Å². The molecule has 1 aliphatic carbocycles. The van der Waals surface area contributed by atoms with Gasteiger partial charge in [0.25, 0.3) is 0 Å². The number of hydrogen-bond acceptors (Lipinski definition) is 2. The molecule has 0 aromatic heterocycles. The van der Waals surface area contributed by atoms with E-state index in [0.717, 1.165) is 43.6 Å². The Kier molecular flexibility index (Phi) is 5.63. The van der Waals surface area contributed by atoms with Crippen molar-refractivity contribution in [2.45, 2.75) is 58.3 Å². The Bertz CT molecular complexity index is 422. The predicted octanol–water partition coefficient (Wildman–Crippen LogP) is 4.73. The zero-order valence-corrected chi connectivity index (χ0v) is 12.7. The first-order valence-corrected chi connectivity index (χ1v) is 7.96. The molecule has 0 radical (unpaired) electrons. The van der Waals surface area contributed by atoms with Gasteiger partial charge in [-0.15, -0.1) is 0 Å². The summed E-state index contributed by atoms with van der Waals surface area (Å²) in [4.78, 5) is 12.1. The minimum atomic E-state index is 0.111. The summed E-state index contributed by atoms with van der Waals surface area (Å²) in [6.45, 7) is 5.14. The van der Waals surface area contributed by atoms with Gasteiger partial charge in [-0.05, 0) is 42.9 Å². The number of rotatable bonds is 6. The fourth-order valence-electron chi connectivity index (χ4n) is 2.89. The molecule has 2 nitrogen and oxygen atoms in total. The second-order valence-electron chi connectivity index (χ2n) is 6.03. The van der Waals surface area contributed by atoms with Gasteiger partial charge in [0, 0.05) is 12.3 Å². The quantitative estimate of drug-likeness (QED) is 0.701. The third-order valence-electron chi connectivity index (χ3n) is 4.19. The molecule has 1 aromatic rings. The van der Waals surface area contributed by atoms with Gasteiger partial charge >= 0.3 is 0 Å². The normalized spacial score (nSPS) is 22.8. The van der Waals surface area contributed by atoms with E-state index in [1.165, 1.54) is 12.8 Å². The molecular weight excluding hydrogens is 248 g/mol. The summed E-state index contributed by atoms with van der Waals surface area (Å²) in [5, 5.41) is 0. The van der Waals surface area contributed by atoms with Gasteiger partial charge < -0.3 is 4.74 Å². The number of ether oxygens (including phenoxy) is 1. The van der Waals surface area contributed by atoms with Crippen molar-refractivity contribution in [3.63, 3.8) is 0 Å². The van der Waals surface area contributed by atoms with Crippen LogP contribution in [0.5, 0.6) is 5.75 Å². The van der Waals surface area contributed by atoms with Crippen molar-refractivity contribution in [3.8, 4) is 5.75 Å². The lowest BCUT2D eigenvalue weighted by atomic mass is 9.78. The van der Waals surface area contributed by atoms with Gasteiger partial charge in [0.05, 0.1) is 6.61 Å². The number of unbranched alkanes of at least 4 members (excludes halogenated alkanes) is 2. The summed E-state index contributed by atoms with van der Waals surface area (Å²) in [5.74, 6) is 1.99. The lowest BCUT2D eigenvalue weighted by molar-refractivity contribution is -0.123. The Morgan fingerprint density at radius 1 is 1.15 bits per heavy atom. The number of hydrogen-bond donors (Lipinski definition) is 0. The Hall–Kier alpha value is -1.31. The fourth-order valence-corrected chi connectivity index (χ4v) is 2.89. The van der Waals surface area contributed by atoms with Crippen LogP contribution in [0.2, 0.25) is 0 Å². The summed E-state index contributed by atoms with van der Waals surface area (Å²) in [6, 6.07) is 8.14. The SMILES string of the molecule is CCCCCOc1ccc([C@H]2CC[C@H](C)CC2=O)cc1. The number of carbonyl (C=O) groups is 1. The van der Waals surface area contributed by atoms with Crippen molar-refractivity contribution < 1.29 is 9.53 Å². The highest BCUT2D eigenvalue weighted by Gasteiger charge is 2.27. The Morgan fingerprint density at radius 3 is 2.55 bits per heavy atom. The van der Waals surface area contributed by atoms with Crippen LogP contribution >= 0.6 is 0 Å². The molecule has 0 saturated heterocycles. The molecule has 1 fully saturated rings. The number of ketones is 1. The summed E-state index contributed by atoms with van der Waals surface area (Å²) in [6.07, 6.45) is 6.43. The molecule has 0 N–H and O–H groups in total. The molecule has 0 unspecified atom stereocenters. The van der Waals surface area contributed by atoms with Crippen LogP contribution in [0.4, 0.5) is 0 Å². The molecule has 1 saturated carbocycles. The van der Waals surface area contributed by atoms with Gasteiger partial charge in [-0.25, -0.2) is 0 Å². The van der Waals surface area contributed by atoms with Crippen LogP contribution in [0.3, 0.4) is 0 Å². The number of Topliss-reactive ketones (excluding diaryl/α,β-unsaturated/α-hetero) is 1. The topological polar surface area (TPSA) is 26.3 Å². The molecule has 110 valence electrons. The predicted molar refractivity (Wildman–Crippen MR) is 82.2 cm³/mol. The molecule has 2 heteroatoms. The van der Waals surface area contributed by atoms with Gasteiger partial charge in [0.2, 0.25) is 0 Å². The van der Waals surface area contributed by atoms with Gasteiger partial charge in [0.1, 0.15) is 11.5 Å². The molecule has 2 rings (SSSR count). The molecular formula is C18H26O2. The zero-order chi connectivity index (χ0) is 14.4. The third kappa shape index (κ3) is 4.09. The number of benzene rings is 1. The van der Waals surface area contributed by atoms with Crippen molar-refractivity contribution in [1.29, 1.82) is 0 Å². The van der Waals surface area contributed by atoms with E-state index in [4.69, 9.17) is 4.74 Å². The Balaban J connectivity index is 1.89. The van der Waals surface area contributed by atoms with Gasteiger partial charge in [-0.1, -0.05) is 38.8 Å². The summed E-state index contributed by atoms with van der Waals surface area (Å²) >= 11 is 0. The molecule has 0 amide bonds. The summed E-state index contributed by atoms with van der Waals surface area (Å²) in [5.41, 5.74) is 1.16. The maximum atomic E-state index is 12.1. The second kappa shape index (κ2) is 7.47. The molecule has 20 heavy (non-hydrogen) atoms. The monoisotopic (exact) mass is 274 g/mol. The average Bonchev–Trinajstić information content (AvgIpc) is 2.45. The highest BCUT2D eigenvalue weighted by molar-refractivity contribution is 5.86. The van der Waals surface area contributed by atoms with Crippen LogP contribution in [0, 0.1) is 5.92 Å². The fraction of sp³-hybridized carbons (Fsp3) is 0.611. The molecule has 0 spiro atoms. The molecule has 0 aliphatic heterocycles. The highest BCUT2D eigenvalue weighted by Crippen LogP contribution is 2.33. The second-order valence-corrected chi connectivity index (χ2v) is 6.03. The lowest BCUT2D eigenvalue weighted by Crippen LogP contribution is -2.21. The smallest absolute Gasteiger partial charge is 0.140 e. The first kappa shape index (κ1) is 15.1. The first-order chi connectivity index (χ1) is 9.70. The van der Waals surface area contributed by atoms with E-state index in [1.807, 2.05) is 12.1 Å². The van der Waals surface area contributed by atoms with E-state index in [9.17, 15) is 4.79 Å². The Morgan fingerprint density at radius 2 is 1.90 bits per heavy atom. The van der Waals surface area contributed by atoms with Crippen molar-refractivity contribution >= 4 is 5.78 Å².